The van der Waals surface area contributed by atoms with Gasteiger partial charge in [0.15, 0.2) is 0 Å². The molecule has 1 N–H and O–H groups in total. The fraction of sp³-hybridized carbons (Fsp3) is 0.556. The smallest absolute Gasteiger partial charge is 0.387 e. The molecule has 0 bridgehead atoms. The zero-order chi connectivity index (χ0) is 19.1. The second-order valence-corrected chi connectivity index (χ2v) is 6.55. The molecule has 1 saturated heterocycles. The first-order valence-corrected chi connectivity index (χ1v) is 8.60. The Labute approximate surface area is 152 Å². The largest absolute Gasteiger partial charge is 0.435 e. The highest BCUT2D eigenvalue weighted by Gasteiger charge is 2.22. The number of carbonyl (C=O) groups is 2. The van der Waals surface area contributed by atoms with Crippen LogP contribution in [0.3, 0.4) is 0 Å². The summed E-state index contributed by atoms with van der Waals surface area (Å²) in [7, 11) is 1.79. The fourth-order valence-electron chi connectivity index (χ4n) is 3.04. The fourth-order valence-corrected chi connectivity index (χ4v) is 3.04. The van der Waals surface area contributed by atoms with Gasteiger partial charge in [0.25, 0.3) is 0 Å². The molecule has 1 heterocycles. The minimum atomic E-state index is -2.86. The number of rotatable bonds is 7. The summed E-state index contributed by atoms with van der Waals surface area (Å²) in [4.78, 5) is 27.1. The Kier molecular flexibility index (Phi) is 7.32. The van der Waals surface area contributed by atoms with Crippen molar-refractivity contribution in [3.8, 4) is 5.75 Å². The molecule has 0 aliphatic carbocycles. The predicted molar refractivity (Wildman–Crippen MR) is 92.8 cm³/mol. The normalized spacial score (nSPS) is 15.4. The number of likely N-dealkylation sites (tertiary alicyclic amines) is 1. The van der Waals surface area contributed by atoms with Gasteiger partial charge in [0, 0.05) is 32.6 Å². The molecule has 0 saturated carbocycles. The van der Waals surface area contributed by atoms with Crippen molar-refractivity contribution in [3.63, 3.8) is 0 Å². The van der Waals surface area contributed by atoms with Gasteiger partial charge >= 0.3 is 6.61 Å². The van der Waals surface area contributed by atoms with Crippen molar-refractivity contribution < 1.29 is 23.1 Å². The SMILES string of the molecule is CC(=O)N1CCC(NC(=O)CN(C)Cc2cccc(OC(F)F)c2)CC1. The van der Waals surface area contributed by atoms with Crippen molar-refractivity contribution in [3.05, 3.63) is 29.8 Å². The first kappa shape index (κ1) is 20.1. The van der Waals surface area contributed by atoms with Gasteiger partial charge in [-0.2, -0.15) is 8.78 Å². The van der Waals surface area contributed by atoms with Crippen LogP contribution in [0.2, 0.25) is 0 Å². The summed E-state index contributed by atoms with van der Waals surface area (Å²) in [5, 5.41) is 2.99. The van der Waals surface area contributed by atoms with Crippen LogP contribution in [0.15, 0.2) is 24.3 Å². The number of likely N-dealkylation sites (N-methyl/N-ethyl adjacent to an activating group) is 1. The Bertz CT molecular complexity index is 619. The molecule has 1 aromatic carbocycles. The van der Waals surface area contributed by atoms with Gasteiger partial charge in [0.05, 0.1) is 6.54 Å². The van der Waals surface area contributed by atoms with Gasteiger partial charge in [0.1, 0.15) is 5.75 Å². The molecule has 26 heavy (non-hydrogen) atoms. The average Bonchev–Trinajstić information content (AvgIpc) is 2.54. The number of nitrogens with zero attached hydrogens (tertiary/aromatic N) is 2. The molecular formula is C18H25F2N3O3. The molecular weight excluding hydrogens is 344 g/mol. The van der Waals surface area contributed by atoms with Crippen LogP contribution < -0.4 is 10.1 Å². The number of nitrogens with one attached hydrogen (secondary N) is 1. The molecule has 0 unspecified atom stereocenters. The van der Waals surface area contributed by atoms with Crippen molar-refractivity contribution in [2.24, 2.45) is 0 Å². The van der Waals surface area contributed by atoms with E-state index in [0.29, 0.717) is 19.6 Å². The van der Waals surface area contributed by atoms with Crippen molar-refractivity contribution >= 4 is 11.8 Å². The number of piperidine rings is 1. The number of ether oxygens (including phenoxy) is 1. The molecule has 8 heteroatoms. The second kappa shape index (κ2) is 9.47. The molecule has 0 atom stereocenters. The first-order chi connectivity index (χ1) is 12.3. The van der Waals surface area contributed by atoms with E-state index in [0.717, 1.165) is 18.4 Å². The van der Waals surface area contributed by atoms with Crippen LogP contribution in [-0.2, 0) is 16.1 Å². The van der Waals surface area contributed by atoms with Crippen LogP contribution in [0.5, 0.6) is 5.75 Å². The summed E-state index contributed by atoms with van der Waals surface area (Å²) in [5.74, 6) is 0.0777. The predicted octanol–water partition coefficient (Wildman–Crippen LogP) is 1.85. The van der Waals surface area contributed by atoms with Crippen LogP contribution in [0, 0.1) is 0 Å². The molecule has 1 aliphatic rings. The summed E-state index contributed by atoms with van der Waals surface area (Å²) in [6.45, 7) is 0.655. The molecule has 0 aromatic heterocycles. The van der Waals surface area contributed by atoms with Gasteiger partial charge in [-0.15, -0.1) is 0 Å². The van der Waals surface area contributed by atoms with Gasteiger partial charge in [-0.25, -0.2) is 0 Å². The van der Waals surface area contributed by atoms with Gasteiger partial charge in [-0.05, 0) is 37.6 Å². The summed E-state index contributed by atoms with van der Waals surface area (Å²) >= 11 is 0. The topological polar surface area (TPSA) is 61.9 Å². The highest BCUT2D eigenvalue weighted by Crippen LogP contribution is 2.17. The van der Waals surface area contributed by atoms with Crippen LogP contribution in [0.25, 0.3) is 0 Å². The number of carbonyl (C=O) groups excluding carboxylic acids is 2. The lowest BCUT2D eigenvalue weighted by Gasteiger charge is -2.32. The number of amides is 2. The third kappa shape index (κ3) is 6.59. The Balaban J connectivity index is 1.76. The summed E-state index contributed by atoms with van der Waals surface area (Å²) in [6, 6.07) is 6.52. The Morgan fingerprint density at radius 2 is 2.04 bits per heavy atom. The van der Waals surface area contributed by atoms with E-state index in [-0.39, 0.29) is 30.2 Å². The number of hydrogen-bond donors (Lipinski definition) is 1. The van der Waals surface area contributed by atoms with Crippen molar-refractivity contribution in [1.82, 2.24) is 15.1 Å². The average molecular weight is 369 g/mol. The number of hydrogen-bond acceptors (Lipinski definition) is 4. The number of benzene rings is 1. The second-order valence-electron chi connectivity index (χ2n) is 6.55. The van der Waals surface area contributed by atoms with Gasteiger partial charge < -0.3 is 15.0 Å². The highest BCUT2D eigenvalue weighted by molar-refractivity contribution is 5.78. The highest BCUT2D eigenvalue weighted by atomic mass is 19.3. The van der Waals surface area contributed by atoms with E-state index in [1.165, 1.54) is 12.1 Å². The van der Waals surface area contributed by atoms with E-state index in [1.807, 2.05) is 4.90 Å². The van der Waals surface area contributed by atoms with E-state index >= 15 is 0 Å². The molecule has 6 nitrogen and oxygen atoms in total. The van der Waals surface area contributed by atoms with Crippen LogP contribution >= 0.6 is 0 Å². The van der Waals surface area contributed by atoms with Crippen LogP contribution in [0.1, 0.15) is 25.3 Å². The molecule has 1 aliphatic heterocycles. The Morgan fingerprint density at radius 1 is 1.35 bits per heavy atom. The Morgan fingerprint density at radius 3 is 2.65 bits per heavy atom. The monoisotopic (exact) mass is 369 g/mol. The van der Waals surface area contributed by atoms with Gasteiger partial charge in [-0.1, -0.05) is 12.1 Å². The van der Waals surface area contributed by atoms with E-state index in [2.05, 4.69) is 10.1 Å². The van der Waals surface area contributed by atoms with Gasteiger partial charge in [0.2, 0.25) is 11.8 Å². The molecule has 2 rings (SSSR count). The molecule has 0 radical (unpaired) electrons. The Hall–Kier alpha value is -2.22. The molecule has 2 amide bonds. The lowest BCUT2D eigenvalue weighted by atomic mass is 10.1. The zero-order valence-corrected chi connectivity index (χ0v) is 15.1. The van der Waals surface area contributed by atoms with E-state index < -0.39 is 6.61 Å². The quantitative estimate of drug-likeness (QED) is 0.797. The maximum absolute atomic E-state index is 12.3. The third-order valence-corrected chi connectivity index (χ3v) is 4.30. The first-order valence-electron chi connectivity index (χ1n) is 8.60. The zero-order valence-electron chi connectivity index (χ0n) is 15.1. The van der Waals surface area contributed by atoms with E-state index in [9.17, 15) is 18.4 Å². The lowest BCUT2D eigenvalue weighted by molar-refractivity contribution is -0.130. The standard InChI is InChI=1S/C18H25F2N3O3/c1-13(24)23-8-6-15(7-9-23)21-17(25)12-22(2)11-14-4-3-5-16(10-14)26-18(19)20/h3-5,10,15,18H,6-9,11-12H2,1-2H3,(H,21,25). The maximum Gasteiger partial charge on any atom is 0.387 e. The minimum Gasteiger partial charge on any atom is -0.435 e. The van der Waals surface area contributed by atoms with Crippen LogP contribution in [0.4, 0.5) is 8.78 Å². The minimum absolute atomic E-state index is 0.0626. The molecule has 144 valence electrons. The van der Waals surface area contributed by atoms with Crippen molar-refractivity contribution in [2.45, 2.75) is 39.0 Å². The van der Waals surface area contributed by atoms with Crippen molar-refractivity contribution in [2.75, 3.05) is 26.7 Å². The van der Waals surface area contributed by atoms with E-state index in [4.69, 9.17) is 0 Å². The van der Waals surface area contributed by atoms with Gasteiger partial charge in [-0.3, -0.25) is 14.5 Å². The molecule has 1 fully saturated rings. The van der Waals surface area contributed by atoms with E-state index in [1.54, 1.807) is 31.0 Å². The maximum atomic E-state index is 12.3. The molecule has 0 spiro atoms. The summed E-state index contributed by atoms with van der Waals surface area (Å²) < 4.78 is 28.9. The summed E-state index contributed by atoms with van der Waals surface area (Å²) in [5.41, 5.74) is 0.785. The number of alkyl halides is 2. The van der Waals surface area contributed by atoms with Crippen molar-refractivity contribution in [1.29, 1.82) is 0 Å². The molecule has 1 aromatic rings. The third-order valence-electron chi connectivity index (χ3n) is 4.30. The number of halogens is 2. The lowest BCUT2D eigenvalue weighted by Crippen LogP contribution is -2.47. The summed E-state index contributed by atoms with van der Waals surface area (Å²) in [6.07, 6.45) is 1.50. The van der Waals surface area contributed by atoms with Crippen LogP contribution in [-0.4, -0.2) is 60.9 Å².